The van der Waals surface area contributed by atoms with E-state index in [0.717, 1.165) is 13.1 Å². The Kier molecular flexibility index (Phi) is 6.86. The maximum Gasteiger partial charge on any atom is 0.226 e. The van der Waals surface area contributed by atoms with E-state index < -0.39 is 0 Å². The SMILES string of the molecule is C=CCC(=O)N(CCOC)C[C@@H]1CCCN(C2Cc3ccccc3C2)C1. The van der Waals surface area contributed by atoms with Gasteiger partial charge in [-0.05, 0) is 49.3 Å². The van der Waals surface area contributed by atoms with Gasteiger partial charge in [-0.15, -0.1) is 6.58 Å². The molecule has 0 radical (unpaired) electrons. The molecule has 0 bridgehead atoms. The van der Waals surface area contributed by atoms with E-state index >= 15 is 0 Å². The number of likely N-dealkylation sites (tertiary alicyclic amines) is 1. The second-order valence-corrected chi connectivity index (χ2v) is 7.66. The molecule has 1 heterocycles. The number of amides is 1. The largest absolute Gasteiger partial charge is 0.383 e. The molecule has 0 N–H and O–H groups in total. The van der Waals surface area contributed by atoms with Gasteiger partial charge in [-0.25, -0.2) is 0 Å². The van der Waals surface area contributed by atoms with Crippen molar-refractivity contribution in [3.8, 4) is 0 Å². The Hall–Kier alpha value is -1.65. The van der Waals surface area contributed by atoms with Crippen molar-refractivity contribution in [2.24, 2.45) is 5.92 Å². The Balaban J connectivity index is 1.57. The summed E-state index contributed by atoms with van der Waals surface area (Å²) in [7, 11) is 1.69. The number of benzene rings is 1. The maximum absolute atomic E-state index is 12.4. The molecule has 4 heteroatoms. The van der Waals surface area contributed by atoms with E-state index in [2.05, 4.69) is 35.7 Å². The van der Waals surface area contributed by atoms with Gasteiger partial charge in [0, 0.05) is 39.2 Å². The molecular weight excluding hydrogens is 324 g/mol. The zero-order chi connectivity index (χ0) is 18.4. The molecule has 1 amide bonds. The van der Waals surface area contributed by atoms with Crippen LogP contribution >= 0.6 is 0 Å². The molecule has 0 spiro atoms. The number of fused-ring (bicyclic) bond motifs is 1. The summed E-state index contributed by atoms with van der Waals surface area (Å²) in [5.41, 5.74) is 3.03. The van der Waals surface area contributed by atoms with Gasteiger partial charge in [-0.2, -0.15) is 0 Å². The van der Waals surface area contributed by atoms with Crippen molar-refractivity contribution in [3.05, 3.63) is 48.0 Å². The summed E-state index contributed by atoms with van der Waals surface area (Å²) in [4.78, 5) is 17.0. The number of piperidine rings is 1. The van der Waals surface area contributed by atoms with Crippen molar-refractivity contribution < 1.29 is 9.53 Å². The van der Waals surface area contributed by atoms with Crippen molar-refractivity contribution in [2.75, 3.05) is 39.9 Å². The van der Waals surface area contributed by atoms with Crippen LogP contribution in [0.1, 0.15) is 30.4 Å². The van der Waals surface area contributed by atoms with E-state index in [-0.39, 0.29) is 5.91 Å². The van der Waals surface area contributed by atoms with Gasteiger partial charge in [-0.1, -0.05) is 30.3 Å². The van der Waals surface area contributed by atoms with Gasteiger partial charge < -0.3 is 9.64 Å². The fourth-order valence-electron chi connectivity index (χ4n) is 4.46. The summed E-state index contributed by atoms with van der Waals surface area (Å²) in [6.07, 6.45) is 6.90. The lowest BCUT2D eigenvalue weighted by Crippen LogP contribution is -2.47. The summed E-state index contributed by atoms with van der Waals surface area (Å²) in [6, 6.07) is 9.48. The third-order valence-electron chi connectivity index (χ3n) is 5.81. The summed E-state index contributed by atoms with van der Waals surface area (Å²) < 4.78 is 5.20. The zero-order valence-electron chi connectivity index (χ0n) is 16.0. The Morgan fingerprint density at radius 2 is 2.08 bits per heavy atom. The Bertz CT molecular complexity index is 591. The topological polar surface area (TPSA) is 32.8 Å². The molecule has 1 atom stereocenters. The van der Waals surface area contributed by atoms with Gasteiger partial charge in [0.05, 0.1) is 6.61 Å². The fraction of sp³-hybridized carbons (Fsp3) is 0.591. The smallest absolute Gasteiger partial charge is 0.226 e. The molecule has 0 saturated carbocycles. The van der Waals surface area contributed by atoms with Crippen LogP contribution in [0.2, 0.25) is 0 Å². The van der Waals surface area contributed by atoms with Crippen LogP contribution in [0.3, 0.4) is 0 Å². The Morgan fingerprint density at radius 3 is 2.73 bits per heavy atom. The average molecular weight is 357 g/mol. The molecule has 1 aliphatic heterocycles. The van der Waals surface area contributed by atoms with Crippen molar-refractivity contribution in [1.82, 2.24) is 9.80 Å². The second-order valence-electron chi connectivity index (χ2n) is 7.66. The van der Waals surface area contributed by atoms with Crippen molar-refractivity contribution in [1.29, 1.82) is 0 Å². The second kappa shape index (κ2) is 9.33. The lowest BCUT2D eigenvalue weighted by Gasteiger charge is -2.38. The molecule has 0 unspecified atom stereocenters. The molecule has 3 rings (SSSR count). The van der Waals surface area contributed by atoms with Gasteiger partial charge >= 0.3 is 0 Å². The van der Waals surface area contributed by atoms with E-state index in [9.17, 15) is 4.79 Å². The highest BCUT2D eigenvalue weighted by Gasteiger charge is 2.31. The third-order valence-corrected chi connectivity index (χ3v) is 5.81. The number of hydrogen-bond donors (Lipinski definition) is 0. The van der Waals surface area contributed by atoms with E-state index in [4.69, 9.17) is 4.74 Å². The number of carbonyl (C=O) groups excluding carboxylic acids is 1. The molecule has 142 valence electrons. The van der Waals surface area contributed by atoms with E-state index in [0.29, 0.717) is 31.5 Å². The van der Waals surface area contributed by atoms with Gasteiger partial charge in [0.25, 0.3) is 0 Å². The van der Waals surface area contributed by atoms with Gasteiger partial charge in [0.1, 0.15) is 0 Å². The average Bonchev–Trinajstić information content (AvgIpc) is 3.10. The number of rotatable bonds is 8. The predicted octanol–water partition coefficient (Wildman–Crippen LogP) is 2.92. The minimum absolute atomic E-state index is 0.169. The predicted molar refractivity (Wildman–Crippen MR) is 105 cm³/mol. The molecule has 4 nitrogen and oxygen atoms in total. The molecule has 0 aromatic heterocycles. The zero-order valence-corrected chi connectivity index (χ0v) is 16.0. The molecule has 1 aromatic rings. The van der Waals surface area contributed by atoms with Crippen LogP contribution in [0.15, 0.2) is 36.9 Å². The standard InChI is InChI=1S/C22H32N2O2/c1-3-7-22(25)24(12-13-26-2)17-18-8-6-11-23(16-18)21-14-19-9-4-5-10-20(19)15-21/h3-5,9-10,18,21H,1,6-8,11-17H2,2H3/t18-/m1/s1. The molecule has 1 aromatic carbocycles. The first-order valence-corrected chi connectivity index (χ1v) is 9.89. The first kappa shape index (κ1) is 19.1. The lowest BCUT2D eigenvalue weighted by atomic mass is 9.95. The van der Waals surface area contributed by atoms with E-state index in [1.54, 1.807) is 13.2 Å². The highest BCUT2D eigenvalue weighted by Crippen LogP contribution is 2.29. The summed E-state index contributed by atoms with van der Waals surface area (Å²) in [5, 5.41) is 0. The first-order chi connectivity index (χ1) is 12.7. The molecule has 2 aliphatic rings. The van der Waals surface area contributed by atoms with Crippen LogP contribution in [0.25, 0.3) is 0 Å². The minimum Gasteiger partial charge on any atom is -0.383 e. The third kappa shape index (κ3) is 4.74. The van der Waals surface area contributed by atoms with E-state index in [1.165, 1.54) is 43.4 Å². The summed E-state index contributed by atoms with van der Waals surface area (Å²) in [5.74, 6) is 0.723. The quantitative estimate of drug-likeness (QED) is 0.672. The van der Waals surface area contributed by atoms with Crippen LogP contribution in [-0.4, -0.2) is 61.6 Å². The van der Waals surface area contributed by atoms with Crippen LogP contribution in [0, 0.1) is 5.92 Å². The lowest BCUT2D eigenvalue weighted by molar-refractivity contribution is -0.131. The maximum atomic E-state index is 12.4. The molecule has 1 saturated heterocycles. The number of methoxy groups -OCH3 is 1. The summed E-state index contributed by atoms with van der Waals surface area (Å²) >= 11 is 0. The number of hydrogen-bond acceptors (Lipinski definition) is 3. The number of ether oxygens (including phenoxy) is 1. The minimum atomic E-state index is 0.169. The molecule has 1 aliphatic carbocycles. The highest BCUT2D eigenvalue weighted by atomic mass is 16.5. The molecule has 1 fully saturated rings. The van der Waals surface area contributed by atoms with Gasteiger partial charge in [0.15, 0.2) is 0 Å². The number of nitrogens with zero attached hydrogens (tertiary/aromatic N) is 2. The van der Waals surface area contributed by atoms with E-state index in [1.807, 2.05) is 4.90 Å². The molecular formula is C22H32N2O2. The van der Waals surface area contributed by atoms with Gasteiger partial charge in [0.2, 0.25) is 5.91 Å². The highest BCUT2D eigenvalue weighted by molar-refractivity contribution is 5.77. The van der Waals surface area contributed by atoms with Crippen LogP contribution in [0.5, 0.6) is 0 Å². The van der Waals surface area contributed by atoms with Crippen LogP contribution in [0.4, 0.5) is 0 Å². The normalized spacial score (nSPS) is 20.7. The van der Waals surface area contributed by atoms with Crippen molar-refractivity contribution in [3.63, 3.8) is 0 Å². The number of carbonyl (C=O) groups is 1. The first-order valence-electron chi connectivity index (χ1n) is 9.89. The van der Waals surface area contributed by atoms with Crippen molar-refractivity contribution in [2.45, 2.75) is 38.1 Å². The molecule has 26 heavy (non-hydrogen) atoms. The summed E-state index contributed by atoms with van der Waals surface area (Å²) in [6.45, 7) is 8.11. The van der Waals surface area contributed by atoms with Crippen LogP contribution < -0.4 is 0 Å². The Morgan fingerprint density at radius 1 is 1.35 bits per heavy atom. The fourth-order valence-corrected chi connectivity index (χ4v) is 4.46. The van der Waals surface area contributed by atoms with Gasteiger partial charge in [-0.3, -0.25) is 9.69 Å². The monoisotopic (exact) mass is 356 g/mol. The van der Waals surface area contributed by atoms with Crippen molar-refractivity contribution >= 4 is 5.91 Å². The Labute approximate surface area is 157 Å². The van der Waals surface area contributed by atoms with Crippen LogP contribution in [-0.2, 0) is 22.4 Å².